The number of nitrogens with one attached hydrogen (secondary N) is 2. The third-order valence-electron chi connectivity index (χ3n) is 3.41. The van der Waals surface area contributed by atoms with Gasteiger partial charge in [-0.3, -0.25) is 4.79 Å². The monoisotopic (exact) mass is 322 g/mol. The average molecular weight is 323 g/mol. The van der Waals surface area contributed by atoms with Crippen LogP contribution in [0.25, 0.3) is 0 Å². The summed E-state index contributed by atoms with van der Waals surface area (Å²) in [5, 5.41) is 14.9. The lowest BCUT2D eigenvalue weighted by atomic mass is 10.0. The molecule has 2 rings (SSSR count). The first-order chi connectivity index (χ1) is 9.15. The third kappa shape index (κ3) is 3.04. The summed E-state index contributed by atoms with van der Waals surface area (Å²) in [5.41, 5.74) is 0.534. The number of carbonyl (C=O) groups is 1. The Morgan fingerprint density at radius 1 is 1.58 bits per heavy atom. The minimum Gasteiger partial charge on any atom is -0.367 e. The molecule has 1 aromatic heterocycles. The number of hydrogen-bond acceptors (Lipinski definition) is 4. The standard InChI is InChI=1S/C13H15BrN4O/c1-16-13(19)9-3-2-4-11(9)18-12-5-8(6-15)10(14)7-17-12/h5,7,9,11H,2-4H2,1H3,(H,16,19)(H,17,18). The van der Waals surface area contributed by atoms with Crippen molar-refractivity contribution in [3.8, 4) is 6.07 Å². The second-order valence-electron chi connectivity index (χ2n) is 4.56. The number of aromatic nitrogens is 1. The van der Waals surface area contributed by atoms with E-state index in [1.54, 1.807) is 19.3 Å². The number of hydrogen-bond donors (Lipinski definition) is 2. The van der Waals surface area contributed by atoms with E-state index < -0.39 is 0 Å². The van der Waals surface area contributed by atoms with Crippen molar-refractivity contribution in [2.75, 3.05) is 12.4 Å². The number of pyridine rings is 1. The van der Waals surface area contributed by atoms with Crippen molar-refractivity contribution in [1.29, 1.82) is 5.26 Å². The van der Waals surface area contributed by atoms with Gasteiger partial charge in [0.15, 0.2) is 0 Å². The molecular weight excluding hydrogens is 308 g/mol. The second kappa shape index (κ2) is 6.02. The van der Waals surface area contributed by atoms with Gasteiger partial charge in [-0.05, 0) is 34.8 Å². The van der Waals surface area contributed by atoms with Crippen LogP contribution >= 0.6 is 15.9 Å². The molecule has 1 heterocycles. The summed E-state index contributed by atoms with van der Waals surface area (Å²) in [7, 11) is 1.66. The SMILES string of the molecule is CNC(=O)C1CCCC1Nc1cc(C#N)c(Br)cn1. The van der Waals surface area contributed by atoms with Crippen molar-refractivity contribution >= 4 is 27.7 Å². The van der Waals surface area contributed by atoms with Crippen LogP contribution in [0.2, 0.25) is 0 Å². The van der Waals surface area contributed by atoms with Gasteiger partial charge in [-0.2, -0.15) is 5.26 Å². The quantitative estimate of drug-likeness (QED) is 0.892. The first-order valence-electron chi connectivity index (χ1n) is 6.19. The summed E-state index contributed by atoms with van der Waals surface area (Å²) in [6, 6.07) is 3.88. The van der Waals surface area contributed by atoms with E-state index in [0.29, 0.717) is 15.9 Å². The Kier molecular flexibility index (Phi) is 4.38. The molecule has 1 aliphatic carbocycles. The molecule has 19 heavy (non-hydrogen) atoms. The van der Waals surface area contributed by atoms with Crippen LogP contribution in [0.4, 0.5) is 5.82 Å². The molecule has 2 N–H and O–H groups in total. The fraction of sp³-hybridized carbons (Fsp3) is 0.462. The van der Waals surface area contributed by atoms with Gasteiger partial charge in [-0.1, -0.05) is 6.42 Å². The highest BCUT2D eigenvalue weighted by molar-refractivity contribution is 9.10. The average Bonchev–Trinajstić information content (AvgIpc) is 2.88. The fourth-order valence-corrected chi connectivity index (χ4v) is 2.73. The molecule has 0 spiro atoms. The van der Waals surface area contributed by atoms with Gasteiger partial charge in [0.05, 0.1) is 16.0 Å². The minimum atomic E-state index is -0.0269. The number of anilines is 1. The number of amides is 1. The van der Waals surface area contributed by atoms with E-state index >= 15 is 0 Å². The minimum absolute atomic E-state index is 0.0269. The van der Waals surface area contributed by atoms with Crippen LogP contribution < -0.4 is 10.6 Å². The molecule has 5 nitrogen and oxygen atoms in total. The molecule has 100 valence electrons. The van der Waals surface area contributed by atoms with Crippen LogP contribution in [0.15, 0.2) is 16.7 Å². The number of rotatable bonds is 3. The molecule has 1 aliphatic rings. The molecule has 2 unspecified atom stereocenters. The molecule has 0 radical (unpaired) electrons. The molecule has 1 amide bonds. The number of nitriles is 1. The third-order valence-corrected chi connectivity index (χ3v) is 4.04. The van der Waals surface area contributed by atoms with Crippen LogP contribution in [-0.2, 0) is 4.79 Å². The molecule has 0 aromatic carbocycles. The van der Waals surface area contributed by atoms with E-state index in [1.807, 2.05) is 0 Å². The summed E-state index contributed by atoms with van der Waals surface area (Å²) in [5.74, 6) is 0.675. The van der Waals surface area contributed by atoms with Crippen LogP contribution in [0.3, 0.4) is 0 Å². The highest BCUT2D eigenvalue weighted by Gasteiger charge is 2.32. The summed E-state index contributed by atoms with van der Waals surface area (Å²) in [6.07, 6.45) is 4.46. The lowest BCUT2D eigenvalue weighted by Crippen LogP contribution is -2.36. The van der Waals surface area contributed by atoms with Crippen LogP contribution in [-0.4, -0.2) is 24.0 Å². The van der Waals surface area contributed by atoms with Gasteiger partial charge in [0.1, 0.15) is 11.9 Å². The van der Waals surface area contributed by atoms with Crippen molar-refractivity contribution in [2.24, 2.45) is 5.92 Å². The molecule has 0 bridgehead atoms. The molecule has 1 fully saturated rings. The van der Waals surface area contributed by atoms with Crippen molar-refractivity contribution in [2.45, 2.75) is 25.3 Å². The second-order valence-corrected chi connectivity index (χ2v) is 5.42. The molecule has 1 saturated carbocycles. The van der Waals surface area contributed by atoms with Gasteiger partial charge in [0.25, 0.3) is 0 Å². The molecule has 6 heteroatoms. The highest BCUT2D eigenvalue weighted by atomic mass is 79.9. The zero-order valence-corrected chi connectivity index (χ0v) is 12.2. The van der Waals surface area contributed by atoms with Crippen molar-refractivity contribution in [1.82, 2.24) is 10.3 Å². The normalized spacial score (nSPS) is 21.7. The van der Waals surface area contributed by atoms with Gasteiger partial charge < -0.3 is 10.6 Å². The van der Waals surface area contributed by atoms with E-state index in [4.69, 9.17) is 5.26 Å². The molecule has 2 atom stereocenters. The van der Waals surface area contributed by atoms with Crippen molar-refractivity contribution in [3.05, 3.63) is 22.3 Å². The van der Waals surface area contributed by atoms with Crippen molar-refractivity contribution in [3.63, 3.8) is 0 Å². The van der Waals surface area contributed by atoms with E-state index in [0.717, 1.165) is 19.3 Å². The lowest BCUT2D eigenvalue weighted by Gasteiger charge is -2.20. The Hall–Kier alpha value is -1.61. The molecule has 0 aliphatic heterocycles. The Balaban J connectivity index is 2.12. The largest absolute Gasteiger partial charge is 0.367 e. The zero-order valence-electron chi connectivity index (χ0n) is 10.6. The first-order valence-corrected chi connectivity index (χ1v) is 6.98. The summed E-state index contributed by atoms with van der Waals surface area (Å²) >= 11 is 3.27. The van der Waals surface area contributed by atoms with E-state index in [9.17, 15) is 4.79 Å². The maximum absolute atomic E-state index is 11.8. The van der Waals surface area contributed by atoms with Gasteiger partial charge >= 0.3 is 0 Å². The Morgan fingerprint density at radius 3 is 3.05 bits per heavy atom. The molecule has 0 saturated heterocycles. The summed E-state index contributed by atoms with van der Waals surface area (Å²) in [6.45, 7) is 0. The number of halogens is 1. The summed E-state index contributed by atoms with van der Waals surface area (Å²) < 4.78 is 0.676. The molecular formula is C13H15BrN4O. The predicted molar refractivity (Wildman–Crippen MR) is 75.5 cm³/mol. The fourth-order valence-electron chi connectivity index (χ4n) is 2.43. The Bertz CT molecular complexity index is 526. The topological polar surface area (TPSA) is 77.8 Å². The van der Waals surface area contributed by atoms with Crippen LogP contribution in [0.1, 0.15) is 24.8 Å². The predicted octanol–water partition coefficient (Wildman–Crippen LogP) is 2.04. The zero-order chi connectivity index (χ0) is 13.8. The maximum atomic E-state index is 11.8. The Morgan fingerprint density at radius 2 is 2.37 bits per heavy atom. The first kappa shape index (κ1) is 13.8. The smallest absolute Gasteiger partial charge is 0.224 e. The Labute approximate surface area is 120 Å². The van der Waals surface area contributed by atoms with E-state index in [2.05, 4.69) is 37.6 Å². The van der Waals surface area contributed by atoms with Gasteiger partial charge in [-0.15, -0.1) is 0 Å². The van der Waals surface area contributed by atoms with Crippen molar-refractivity contribution < 1.29 is 4.79 Å². The molecule has 1 aromatic rings. The lowest BCUT2D eigenvalue weighted by molar-refractivity contribution is -0.124. The summed E-state index contributed by atoms with van der Waals surface area (Å²) in [4.78, 5) is 16.0. The van der Waals surface area contributed by atoms with E-state index in [1.165, 1.54) is 0 Å². The number of nitrogens with zero attached hydrogens (tertiary/aromatic N) is 2. The highest BCUT2D eigenvalue weighted by Crippen LogP contribution is 2.29. The van der Waals surface area contributed by atoms with Gasteiger partial charge in [0.2, 0.25) is 5.91 Å². The number of carbonyl (C=O) groups excluding carboxylic acids is 1. The van der Waals surface area contributed by atoms with Crippen LogP contribution in [0, 0.1) is 17.2 Å². The maximum Gasteiger partial charge on any atom is 0.224 e. The van der Waals surface area contributed by atoms with E-state index in [-0.39, 0.29) is 17.9 Å². The van der Waals surface area contributed by atoms with Gasteiger partial charge in [0, 0.05) is 19.3 Å². The van der Waals surface area contributed by atoms with Gasteiger partial charge in [-0.25, -0.2) is 4.98 Å². The van der Waals surface area contributed by atoms with Crippen LogP contribution in [0.5, 0.6) is 0 Å².